The second-order valence-corrected chi connectivity index (χ2v) is 7.88. The maximum atomic E-state index is 13.4. The summed E-state index contributed by atoms with van der Waals surface area (Å²) < 4.78 is 13.4. The van der Waals surface area contributed by atoms with Gasteiger partial charge in [0.25, 0.3) is 5.91 Å². The highest BCUT2D eigenvalue weighted by Gasteiger charge is 2.39. The molecule has 136 valence electrons. The fourth-order valence-corrected chi connectivity index (χ4v) is 4.71. The molecule has 0 aromatic heterocycles. The molecule has 3 saturated heterocycles. The number of carbonyl (C=O) groups is 1. The number of likely N-dealkylation sites (tertiary alicyclic amines) is 3. The van der Waals surface area contributed by atoms with Crippen LogP contribution in [-0.2, 0) is 0 Å². The lowest BCUT2D eigenvalue weighted by Gasteiger charge is -2.35. The van der Waals surface area contributed by atoms with E-state index in [1.807, 2.05) is 4.90 Å². The van der Waals surface area contributed by atoms with Crippen LogP contribution in [0.4, 0.5) is 4.39 Å². The summed E-state index contributed by atoms with van der Waals surface area (Å²) in [5, 5.41) is 0. The summed E-state index contributed by atoms with van der Waals surface area (Å²) >= 11 is 0. The highest BCUT2D eigenvalue weighted by Crippen LogP contribution is 2.32. The average Bonchev–Trinajstić information content (AvgIpc) is 3.28. The van der Waals surface area contributed by atoms with E-state index in [1.54, 1.807) is 12.1 Å². The second kappa shape index (κ2) is 7.42. The Labute approximate surface area is 149 Å². The SMILES string of the molecule is O=C(c1cccc(F)c1)N1C[C@H]2CN(CCN3CCCC3)CC[C@H]2C1. The van der Waals surface area contributed by atoms with Gasteiger partial charge in [-0.3, -0.25) is 4.79 Å². The van der Waals surface area contributed by atoms with Crippen molar-refractivity contribution in [2.45, 2.75) is 19.3 Å². The van der Waals surface area contributed by atoms with Crippen LogP contribution in [0.5, 0.6) is 0 Å². The van der Waals surface area contributed by atoms with Crippen LogP contribution in [0, 0.1) is 17.7 Å². The van der Waals surface area contributed by atoms with Crippen LogP contribution in [0.2, 0.25) is 0 Å². The van der Waals surface area contributed by atoms with Gasteiger partial charge >= 0.3 is 0 Å². The van der Waals surface area contributed by atoms with Gasteiger partial charge in [0.1, 0.15) is 5.82 Å². The second-order valence-electron chi connectivity index (χ2n) is 7.88. The molecule has 2 atom stereocenters. The molecule has 5 heteroatoms. The lowest BCUT2D eigenvalue weighted by Crippen LogP contribution is -2.43. The molecule has 0 aliphatic carbocycles. The number of benzene rings is 1. The standard InChI is InChI=1S/C20H28FN3O/c21-19-5-3-4-16(12-19)20(25)24-14-17-6-9-23(13-18(17)15-24)11-10-22-7-1-2-8-22/h3-5,12,17-18H,1-2,6-11,13-15H2/t17-,18+/m0/s1. The van der Waals surface area contributed by atoms with Gasteiger partial charge in [-0.05, 0) is 68.9 Å². The Kier molecular flexibility index (Phi) is 5.04. The van der Waals surface area contributed by atoms with E-state index in [1.165, 1.54) is 51.0 Å². The quantitative estimate of drug-likeness (QED) is 0.838. The van der Waals surface area contributed by atoms with E-state index in [0.717, 1.165) is 32.7 Å². The van der Waals surface area contributed by atoms with E-state index in [0.29, 0.717) is 17.4 Å². The molecule has 3 heterocycles. The van der Waals surface area contributed by atoms with E-state index in [2.05, 4.69) is 9.80 Å². The Hall–Kier alpha value is -1.46. The molecule has 3 fully saturated rings. The van der Waals surface area contributed by atoms with Gasteiger partial charge < -0.3 is 14.7 Å². The molecule has 0 saturated carbocycles. The first kappa shape index (κ1) is 17.0. The van der Waals surface area contributed by atoms with Crippen molar-refractivity contribution in [1.29, 1.82) is 0 Å². The van der Waals surface area contributed by atoms with Gasteiger partial charge in [-0.25, -0.2) is 4.39 Å². The summed E-state index contributed by atoms with van der Waals surface area (Å²) in [6.45, 7) is 8.76. The predicted molar refractivity (Wildman–Crippen MR) is 96.0 cm³/mol. The van der Waals surface area contributed by atoms with Crippen molar-refractivity contribution in [1.82, 2.24) is 14.7 Å². The van der Waals surface area contributed by atoms with Gasteiger partial charge in [0.2, 0.25) is 0 Å². The summed E-state index contributed by atoms with van der Waals surface area (Å²) in [5.41, 5.74) is 0.476. The zero-order valence-corrected chi connectivity index (χ0v) is 14.9. The summed E-state index contributed by atoms with van der Waals surface area (Å²) in [7, 11) is 0. The molecule has 3 aliphatic rings. The van der Waals surface area contributed by atoms with Crippen LogP contribution >= 0.6 is 0 Å². The van der Waals surface area contributed by atoms with Crippen LogP contribution < -0.4 is 0 Å². The molecule has 3 aliphatic heterocycles. The monoisotopic (exact) mass is 345 g/mol. The summed E-state index contributed by atoms with van der Waals surface area (Å²) in [5.74, 6) is 0.832. The largest absolute Gasteiger partial charge is 0.338 e. The Morgan fingerprint density at radius 3 is 2.56 bits per heavy atom. The van der Waals surface area contributed by atoms with Crippen molar-refractivity contribution in [2.75, 3.05) is 52.4 Å². The third-order valence-corrected chi connectivity index (χ3v) is 6.18. The lowest BCUT2D eigenvalue weighted by molar-refractivity contribution is 0.0783. The van der Waals surface area contributed by atoms with Crippen molar-refractivity contribution in [3.8, 4) is 0 Å². The number of hydrogen-bond donors (Lipinski definition) is 0. The van der Waals surface area contributed by atoms with Gasteiger partial charge in [0, 0.05) is 38.3 Å². The van der Waals surface area contributed by atoms with Crippen molar-refractivity contribution >= 4 is 5.91 Å². The van der Waals surface area contributed by atoms with E-state index in [4.69, 9.17) is 0 Å². The average molecular weight is 345 g/mol. The molecule has 0 unspecified atom stereocenters. The maximum Gasteiger partial charge on any atom is 0.253 e. The number of hydrogen-bond acceptors (Lipinski definition) is 3. The third kappa shape index (κ3) is 3.87. The Morgan fingerprint density at radius 2 is 1.76 bits per heavy atom. The molecule has 0 N–H and O–H groups in total. The highest BCUT2D eigenvalue weighted by molar-refractivity contribution is 5.94. The summed E-state index contributed by atoms with van der Waals surface area (Å²) in [4.78, 5) is 19.8. The first-order chi connectivity index (χ1) is 12.2. The van der Waals surface area contributed by atoms with E-state index in [9.17, 15) is 9.18 Å². The molecule has 1 amide bonds. The fourth-order valence-electron chi connectivity index (χ4n) is 4.71. The molecule has 4 nitrogen and oxygen atoms in total. The van der Waals surface area contributed by atoms with Crippen molar-refractivity contribution < 1.29 is 9.18 Å². The van der Waals surface area contributed by atoms with Crippen LogP contribution in [-0.4, -0.2) is 73.0 Å². The minimum Gasteiger partial charge on any atom is -0.338 e. The number of rotatable bonds is 4. The van der Waals surface area contributed by atoms with Crippen LogP contribution in [0.1, 0.15) is 29.6 Å². The zero-order valence-electron chi connectivity index (χ0n) is 14.9. The van der Waals surface area contributed by atoms with Gasteiger partial charge in [-0.1, -0.05) is 6.07 Å². The minimum absolute atomic E-state index is 0.0162. The Balaban J connectivity index is 1.31. The fraction of sp³-hybridized carbons (Fsp3) is 0.650. The van der Waals surface area contributed by atoms with Crippen molar-refractivity contribution in [3.05, 3.63) is 35.6 Å². The molecule has 0 bridgehead atoms. The molecule has 1 aromatic rings. The first-order valence-electron chi connectivity index (χ1n) is 9.68. The number of nitrogens with zero attached hydrogens (tertiary/aromatic N) is 3. The number of fused-ring (bicyclic) bond motifs is 1. The van der Waals surface area contributed by atoms with E-state index < -0.39 is 0 Å². The van der Waals surface area contributed by atoms with Crippen LogP contribution in [0.3, 0.4) is 0 Å². The first-order valence-corrected chi connectivity index (χ1v) is 9.68. The molecular weight excluding hydrogens is 317 g/mol. The molecule has 0 spiro atoms. The van der Waals surface area contributed by atoms with Gasteiger partial charge in [-0.2, -0.15) is 0 Å². The lowest BCUT2D eigenvalue weighted by atomic mass is 9.89. The van der Waals surface area contributed by atoms with Gasteiger partial charge in [0.15, 0.2) is 0 Å². The molecular formula is C20H28FN3O. The number of carbonyl (C=O) groups excluding carboxylic acids is 1. The summed E-state index contributed by atoms with van der Waals surface area (Å²) in [6, 6.07) is 6.08. The van der Waals surface area contributed by atoms with Gasteiger partial charge in [0.05, 0.1) is 0 Å². The summed E-state index contributed by atoms with van der Waals surface area (Å²) in [6.07, 6.45) is 3.88. The van der Waals surface area contributed by atoms with E-state index in [-0.39, 0.29) is 11.7 Å². The minimum atomic E-state index is -0.337. The molecule has 4 rings (SSSR count). The Bertz CT molecular complexity index is 617. The topological polar surface area (TPSA) is 26.8 Å². The van der Waals surface area contributed by atoms with Crippen LogP contribution in [0.25, 0.3) is 0 Å². The molecule has 1 aromatic carbocycles. The molecule has 0 radical (unpaired) electrons. The zero-order chi connectivity index (χ0) is 17.2. The smallest absolute Gasteiger partial charge is 0.253 e. The highest BCUT2D eigenvalue weighted by atomic mass is 19.1. The van der Waals surface area contributed by atoms with E-state index >= 15 is 0 Å². The van der Waals surface area contributed by atoms with Crippen LogP contribution in [0.15, 0.2) is 24.3 Å². The van der Waals surface area contributed by atoms with Gasteiger partial charge in [-0.15, -0.1) is 0 Å². The van der Waals surface area contributed by atoms with Crippen molar-refractivity contribution in [2.24, 2.45) is 11.8 Å². The number of piperidine rings is 1. The Morgan fingerprint density at radius 1 is 1.00 bits per heavy atom. The molecule has 25 heavy (non-hydrogen) atoms. The maximum absolute atomic E-state index is 13.4. The predicted octanol–water partition coefficient (Wildman–Crippen LogP) is 2.32. The number of halogens is 1. The number of amides is 1. The third-order valence-electron chi connectivity index (χ3n) is 6.18. The van der Waals surface area contributed by atoms with Crippen molar-refractivity contribution in [3.63, 3.8) is 0 Å². The normalized spacial score (nSPS) is 27.6.